The quantitative estimate of drug-likeness (QED) is 0.545. The van der Waals surface area contributed by atoms with Crippen molar-refractivity contribution in [3.63, 3.8) is 0 Å². The Hall–Kier alpha value is -2.51. The molecule has 0 aromatic heterocycles. The van der Waals surface area contributed by atoms with Gasteiger partial charge in [-0.2, -0.15) is 26.3 Å². The fourth-order valence-corrected chi connectivity index (χ4v) is 2.79. The van der Waals surface area contributed by atoms with Crippen molar-refractivity contribution >= 4 is 17.7 Å². The van der Waals surface area contributed by atoms with Crippen LogP contribution in [0, 0.1) is 0 Å². The molecule has 0 N–H and O–H groups in total. The van der Waals surface area contributed by atoms with Crippen molar-refractivity contribution in [2.45, 2.75) is 12.4 Å². The lowest BCUT2D eigenvalue weighted by Crippen LogP contribution is -2.22. The van der Waals surface area contributed by atoms with E-state index in [2.05, 4.69) is 0 Å². The molecule has 132 valence electrons. The molecule has 0 saturated heterocycles. The van der Waals surface area contributed by atoms with Crippen LogP contribution in [0.15, 0.2) is 48.5 Å². The molecule has 0 amide bonds. The molecule has 0 bridgehead atoms. The van der Waals surface area contributed by atoms with E-state index in [9.17, 15) is 26.3 Å². The molecule has 1 aliphatic heterocycles. The molecule has 0 saturated carbocycles. The van der Waals surface area contributed by atoms with Gasteiger partial charge in [0.25, 0.3) is 0 Å². The highest BCUT2D eigenvalue weighted by atomic mass is 19.4. The van der Waals surface area contributed by atoms with Gasteiger partial charge in [-0.3, -0.25) is 0 Å². The molecule has 2 aromatic rings. The molecule has 1 aliphatic rings. The third-order valence-electron chi connectivity index (χ3n) is 3.90. The predicted molar refractivity (Wildman–Crippen MR) is 81.1 cm³/mol. The summed E-state index contributed by atoms with van der Waals surface area (Å²) in [6.45, 7) is 0.304. The molecule has 0 spiro atoms. The maximum atomic E-state index is 13.1. The molecular formula is C17H13F6N2+. The van der Waals surface area contributed by atoms with Gasteiger partial charge in [0.2, 0.25) is 6.34 Å². The van der Waals surface area contributed by atoms with E-state index in [1.54, 1.807) is 0 Å². The first-order valence-corrected chi connectivity index (χ1v) is 7.38. The topological polar surface area (TPSA) is 6.25 Å². The minimum Gasteiger partial charge on any atom is -0.229 e. The molecule has 0 atom stereocenters. The third-order valence-corrected chi connectivity index (χ3v) is 3.90. The molecule has 0 unspecified atom stereocenters. The van der Waals surface area contributed by atoms with Crippen molar-refractivity contribution in [3.05, 3.63) is 59.7 Å². The Kier molecular flexibility index (Phi) is 4.22. The van der Waals surface area contributed by atoms with Gasteiger partial charge in [0.05, 0.1) is 0 Å². The van der Waals surface area contributed by atoms with E-state index >= 15 is 0 Å². The number of para-hydroxylation sites is 2. The van der Waals surface area contributed by atoms with Gasteiger partial charge in [-0.15, -0.1) is 0 Å². The fraction of sp³-hybridized carbons (Fsp3) is 0.235. The predicted octanol–water partition coefficient (Wildman–Crippen LogP) is 4.92. The summed E-state index contributed by atoms with van der Waals surface area (Å²) in [7, 11) is 0. The highest BCUT2D eigenvalue weighted by molar-refractivity contribution is 5.80. The van der Waals surface area contributed by atoms with Crippen LogP contribution in [0.25, 0.3) is 0 Å². The number of benzene rings is 2. The first-order chi connectivity index (χ1) is 11.7. The van der Waals surface area contributed by atoms with Crippen molar-refractivity contribution < 1.29 is 30.9 Å². The second kappa shape index (κ2) is 6.09. The van der Waals surface area contributed by atoms with Crippen LogP contribution in [0.1, 0.15) is 11.1 Å². The van der Waals surface area contributed by atoms with Gasteiger partial charge in [0, 0.05) is 0 Å². The lowest BCUT2D eigenvalue weighted by molar-refractivity contribution is -0.426. The largest absolute Gasteiger partial charge is 0.420 e. The summed E-state index contributed by atoms with van der Waals surface area (Å²) in [5.41, 5.74) is -1.81. The Labute approximate surface area is 139 Å². The van der Waals surface area contributed by atoms with Crippen LogP contribution in [0.4, 0.5) is 37.7 Å². The molecule has 0 radical (unpaired) electrons. The van der Waals surface area contributed by atoms with Crippen molar-refractivity contribution in [1.29, 1.82) is 0 Å². The summed E-state index contributed by atoms with van der Waals surface area (Å²) in [5, 5.41) is 0. The van der Waals surface area contributed by atoms with E-state index in [4.69, 9.17) is 0 Å². The summed E-state index contributed by atoms with van der Waals surface area (Å²) < 4.78 is 80.2. The van der Waals surface area contributed by atoms with Crippen LogP contribution in [0.3, 0.4) is 0 Å². The van der Waals surface area contributed by atoms with Gasteiger partial charge in [-0.05, 0) is 24.3 Å². The molecule has 0 fully saturated rings. The monoisotopic (exact) mass is 359 g/mol. The molecule has 2 nitrogen and oxygen atoms in total. The number of anilines is 1. The summed E-state index contributed by atoms with van der Waals surface area (Å²) in [6.07, 6.45) is -7.79. The lowest BCUT2D eigenvalue weighted by atomic mass is 10.1. The van der Waals surface area contributed by atoms with Gasteiger partial charge in [-0.1, -0.05) is 24.3 Å². The number of alkyl halides is 6. The number of hydrogen-bond acceptors (Lipinski definition) is 1. The van der Waals surface area contributed by atoms with E-state index in [0.29, 0.717) is 0 Å². The molecule has 0 aliphatic carbocycles. The average Bonchev–Trinajstić information content (AvgIpc) is 3.03. The zero-order chi connectivity index (χ0) is 18.2. The molecule has 2 aromatic carbocycles. The Bertz CT molecular complexity index is 807. The number of halogens is 6. The number of rotatable bonds is 2. The normalized spacial score (nSPS) is 15.4. The summed E-state index contributed by atoms with van der Waals surface area (Å²) in [6, 6.07) is 10.00. The molecule has 3 rings (SSSR count). The van der Waals surface area contributed by atoms with E-state index in [1.165, 1.54) is 52.2 Å². The summed E-state index contributed by atoms with van der Waals surface area (Å²) >= 11 is 0. The zero-order valence-electron chi connectivity index (χ0n) is 12.8. The Balaban J connectivity index is 2.01. The van der Waals surface area contributed by atoms with Gasteiger partial charge < -0.3 is 0 Å². The second-order valence-electron chi connectivity index (χ2n) is 5.53. The van der Waals surface area contributed by atoms with E-state index in [0.717, 1.165) is 12.1 Å². The summed E-state index contributed by atoms with van der Waals surface area (Å²) in [5.74, 6) is 0. The minimum atomic E-state index is -4.54. The maximum Gasteiger partial charge on any atom is 0.420 e. The van der Waals surface area contributed by atoms with E-state index < -0.39 is 23.5 Å². The van der Waals surface area contributed by atoms with Crippen LogP contribution >= 0.6 is 0 Å². The molecule has 25 heavy (non-hydrogen) atoms. The van der Waals surface area contributed by atoms with E-state index in [-0.39, 0.29) is 24.5 Å². The van der Waals surface area contributed by atoms with Crippen LogP contribution in [0.2, 0.25) is 0 Å². The van der Waals surface area contributed by atoms with Crippen LogP contribution in [-0.2, 0) is 12.4 Å². The Morgan fingerprint density at radius 3 is 1.96 bits per heavy atom. The van der Waals surface area contributed by atoms with Crippen LogP contribution in [-0.4, -0.2) is 24.0 Å². The van der Waals surface area contributed by atoms with Gasteiger partial charge in [0.1, 0.15) is 35.6 Å². The number of nitrogens with zero attached hydrogens (tertiary/aromatic N) is 2. The first kappa shape index (κ1) is 17.3. The Morgan fingerprint density at radius 1 is 0.760 bits per heavy atom. The van der Waals surface area contributed by atoms with Gasteiger partial charge in [0.15, 0.2) is 0 Å². The maximum absolute atomic E-state index is 13.1. The zero-order valence-corrected chi connectivity index (χ0v) is 12.8. The third kappa shape index (κ3) is 3.47. The lowest BCUT2D eigenvalue weighted by Gasteiger charge is -2.14. The van der Waals surface area contributed by atoms with Crippen LogP contribution < -0.4 is 4.90 Å². The fourth-order valence-electron chi connectivity index (χ4n) is 2.79. The standard InChI is InChI=1S/C17H13F6N2/c18-16(19,20)12-5-1-3-7-14(12)24-9-10-25(11-24)15-8-4-2-6-13(15)17(21,22)23/h1-8,11H,9-10H2/q+1. The first-order valence-electron chi connectivity index (χ1n) is 7.38. The average molecular weight is 359 g/mol. The van der Waals surface area contributed by atoms with Gasteiger partial charge in [-0.25, -0.2) is 9.48 Å². The second-order valence-corrected chi connectivity index (χ2v) is 5.53. The van der Waals surface area contributed by atoms with Crippen molar-refractivity contribution in [3.8, 4) is 0 Å². The van der Waals surface area contributed by atoms with Crippen molar-refractivity contribution in [2.24, 2.45) is 0 Å². The van der Waals surface area contributed by atoms with Gasteiger partial charge >= 0.3 is 12.4 Å². The van der Waals surface area contributed by atoms with E-state index in [1.807, 2.05) is 0 Å². The van der Waals surface area contributed by atoms with Crippen LogP contribution in [0.5, 0.6) is 0 Å². The molecular weight excluding hydrogens is 346 g/mol. The highest BCUT2D eigenvalue weighted by Gasteiger charge is 2.39. The summed E-state index contributed by atoms with van der Waals surface area (Å²) in [4.78, 5) is 1.32. The molecule has 1 heterocycles. The molecule has 8 heteroatoms. The van der Waals surface area contributed by atoms with Crippen molar-refractivity contribution in [2.75, 3.05) is 18.0 Å². The van der Waals surface area contributed by atoms with Crippen molar-refractivity contribution in [1.82, 2.24) is 0 Å². The highest BCUT2D eigenvalue weighted by Crippen LogP contribution is 2.38. The SMILES string of the molecule is FC(F)(F)c1ccccc1N1C=[N+](c2ccccc2C(F)(F)F)CC1. The number of hydrogen-bond donors (Lipinski definition) is 0. The minimum absolute atomic E-state index is 0.0815. The Morgan fingerprint density at radius 2 is 1.32 bits per heavy atom. The smallest absolute Gasteiger partial charge is 0.229 e.